The number of nitrogens with one attached hydrogen (secondary N) is 1. The number of hydrogen-bond acceptors (Lipinski definition) is 4. The number of amides is 1. The molecule has 0 saturated heterocycles. The molecule has 1 aliphatic heterocycles. The second-order valence-corrected chi connectivity index (χ2v) is 3.80. The van der Waals surface area contributed by atoms with Gasteiger partial charge in [-0.3, -0.25) is 9.63 Å². The summed E-state index contributed by atoms with van der Waals surface area (Å²) in [5, 5.41) is 0. The van der Waals surface area contributed by atoms with Gasteiger partial charge >= 0.3 is 0 Å². The molecule has 0 fully saturated rings. The van der Waals surface area contributed by atoms with Gasteiger partial charge in [-0.15, -0.1) is 0 Å². The lowest BCUT2D eigenvalue weighted by molar-refractivity contribution is -0.125. The van der Waals surface area contributed by atoms with Crippen molar-refractivity contribution >= 4 is 5.91 Å². The molecule has 1 aromatic rings. The Morgan fingerprint density at radius 2 is 2.47 bits per heavy atom. The summed E-state index contributed by atoms with van der Waals surface area (Å²) >= 11 is 0. The predicted molar refractivity (Wildman–Crippen MR) is 57.7 cm³/mol. The normalized spacial score (nSPS) is 17.6. The van der Waals surface area contributed by atoms with Crippen molar-refractivity contribution in [2.24, 2.45) is 5.73 Å². The van der Waals surface area contributed by atoms with E-state index in [4.69, 9.17) is 15.3 Å². The molecule has 0 bridgehead atoms. The first-order chi connectivity index (χ1) is 8.15. The lowest BCUT2D eigenvalue weighted by Gasteiger charge is -2.10. The highest BCUT2D eigenvalue weighted by molar-refractivity contribution is 5.74. The van der Waals surface area contributed by atoms with E-state index in [1.54, 1.807) is 6.07 Å². The second kappa shape index (κ2) is 5.11. The lowest BCUT2D eigenvalue weighted by atomic mass is 10.1. The summed E-state index contributed by atoms with van der Waals surface area (Å²) in [5.41, 5.74) is 8.32. The fourth-order valence-corrected chi connectivity index (χ4v) is 1.68. The maximum Gasteiger partial charge on any atom is 0.245 e. The molecule has 3 N–H and O–H groups in total. The van der Waals surface area contributed by atoms with Crippen LogP contribution in [0.3, 0.4) is 0 Å². The van der Waals surface area contributed by atoms with Crippen LogP contribution in [0.5, 0.6) is 5.75 Å². The van der Waals surface area contributed by atoms with Crippen LogP contribution in [-0.4, -0.2) is 25.2 Å². The minimum absolute atomic E-state index is 0.125. The average molecular weight is 240 g/mol. The van der Waals surface area contributed by atoms with Crippen LogP contribution in [0.25, 0.3) is 0 Å². The third kappa shape index (κ3) is 3.15. The van der Waals surface area contributed by atoms with Crippen molar-refractivity contribution in [2.45, 2.75) is 12.5 Å². The van der Waals surface area contributed by atoms with Gasteiger partial charge in [0, 0.05) is 12.0 Å². The van der Waals surface area contributed by atoms with Crippen molar-refractivity contribution in [1.29, 1.82) is 0 Å². The maximum absolute atomic E-state index is 12.9. The molecule has 0 aromatic heterocycles. The topological polar surface area (TPSA) is 73.6 Å². The summed E-state index contributed by atoms with van der Waals surface area (Å²) in [6, 6.07) is 4.42. The van der Waals surface area contributed by atoms with Crippen molar-refractivity contribution in [2.75, 3.05) is 13.2 Å². The number of carbonyl (C=O) groups is 1. The summed E-state index contributed by atoms with van der Waals surface area (Å²) in [5.74, 6) is -0.130. The molecule has 1 unspecified atom stereocenters. The van der Waals surface area contributed by atoms with Gasteiger partial charge in [-0.2, -0.15) is 5.48 Å². The number of ether oxygens (including phenoxy) is 1. The maximum atomic E-state index is 12.9. The first-order valence-corrected chi connectivity index (χ1v) is 5.23. The molecule has 6 heteroatoms. The minimum Gasteiger partial charge on any atom is -0.488 e. The summed E-state index contributed by atoms with van der Waals surface area (Å²) in [6.07, 6.45) is 0.486. The highest BCUT2D eigenvalue weighted by Crippen LogP contribution is 2.28. The lowest BCUT2D eigenvalue weighted by Crippen LogP contribution is -2.32. The van der Waals surface area contributed by atoms with Gasteiger partial charge in [0.25, 0.3) is 0 Å². The van der Waals surface area contributed by atoms with Gasteiger partial charge in [0.1, 0.15) is 24.3 Å². The van der Waals surface area contributed by atoms with Gasteiger partial charge in [-0.05, 0) is 18.2 Å². The van der Waals surface area contributed by atoms with Crippen LogP contribution in [0.15, 0.2) is 18.2 Å². The molecule has 1 amide bonds. The zero-order valence-electron chi connectivity index (χ0n) is 9.11. The predicted octanol–water partition coefficient (Wildman–Crippen LogP) is 0.136. The number of carbonyl (C=O) groups excluding carboxylic acids is 1. The molecule has 1 heterocycles. The Hall–Kier alpha value is -1.66. The first kappa shape index (κ1) is 11.8. The largest absolute Gasteiger partial charge is 0.488 e. The third-order valence-corrected chi connectivity index (χ3v) is 2.39. The zero-order valence-corrected chi connectivity index (χ0v) is 9.11. The van der Waals surface area contributed by atoms with Crippen molar-refractivity contribution in [3.05, 3.63) is 29.6 Å². The number of rotatable bonds is 5. The van der Waals surface area contributed by atoms with Gasteiger partial charge in [0.05, 0.1) is 6.54 Å². The van der Waals surface area contributed by atoms with Crippen LogP contribution in [-0.2, 0) is 16.1 Å². The summed E-state index contributed by atoms with van der Waals surface area (Å²) in [4.78, 5) is 15.2. The summed E-state index contributed by atoms with van der Waals surface area (Å²) in [6.45, 7) is 0.220. The van der Waals surface area contributed by atoms with Crippen molar-refractivity contribution < 1.29 is 18.8 Å². The number of hydrogen-bond donors (Lipinski definition) is 2. The van der Waals surface area contributed by atoms with E-state index >= 15 is 0 Å². The SMILES string of the molecule is NC(=O)CONCC1Cc2cc(F)ccc2O1. The summed E-state index contributed by atoms with van der Waals surface area (Å²) in [7, 11) is 0. The van der Waals surface area contributed by atoms with E-state index in [0.29, 0.717) is 18.7 Å². The van der Waals surface area contributed by atoms with E-state index in [9.17, 15) is 9.18 Å². The van der Waals surface area contributed by atoms with Crippen LogP contribution >= 0.6 is 0 Å². The van der Waals surface area contributed by atoms with E-state index in [1.165, 1.54) is 12.1 Å². The monoisotopic (exact) mass is 240 g/mol. The molecule has 0 saturated carbocycles. The van der Waals surface area contributed by atoms with Gasteiger partial charge in [-0.25, -0.2) is 4.39 Å². The molecular formula is C11H13FN2O3. The summed E-state index contributed by atoms with van der Waals surface area (Å²) < 4.78 is 18.5. The Bertz CT molecular complexity index is 425. The Kier molecular flexibility index (Phi) is 3.55. The van der Waals surface area contributed by atoms with E-state index in [0.717, 1.165) is 5.56 Å². The number of benzene rings is 1. The van der Waals surface area contributed by atoms with Crippen LogP contribution < -0.4 is 16.0 Å². The van der Waals surface area contributed by atoms with Gasteiger partial charge < -0.3 is 10.5 Å². The smallest absolute Gasteiger partial charge is 0.245 e. The molecule has 0 spiro atoms. The molecule has 2 rings (SSSR count). The Labute approximate surface area is 97.6 Å². The second-order valence-electron chi connectivity index (χ2n) is 3.80. The van der Waals surface area contributed by atoms with Crippen LogP contribution in [0, 0.1) is 5.82 Å². The van der Waals surface area contributed by atoms with Gasteiger partial charge in [-0.1, -0.05) is 0 Å². The quantitative estimate of drug-likeness (QED) is 0.567. The molecule has 0 radical (unpaired) electrons. The number of nitrogens with two attached hydrogens (primary N) is 1. The highest BCUT2D eigenvalue weighted by atomic mass is 19.1. The molecule has 5 nitrogen and oxygen atoms in total. The van der Waals surface area contributed by atoms with Crippen LogP contribution in [0.2, 0.25) is 0 Å². The van der Waals surface area contributed by atoms with E-state index in [1.807, 2.05) is 0 Å². The Morgan fingerprint density at radius 3 is 3.24 bits per heavy atom. The number of primary amides is 1. The molecule has 1 aliphatic rings. The number of hydroxylamine groups is 1. The number of halogens is 1. The van der Waals surface area contributed by atoms with Gasteiger partial charge in [0.2, 0.25) is 5.91 Å². The molecule has 0 aliphatic carbocycles. The van der Waals surface area contributed by atoms with Crippen molar-refractivity contribution in [3.63, 3.8) is 0 Å². The fraction of sp³-hybridized carbons (Fsp3) is 0.364. The standard InChI is InChI=1S/C11H13FN2O3/c12-8-1-2-10-7(3-8)4-9(17-10)5-14-16-6-11(13)15/h1-3,9,14H,4-6H2,(H2,13,15). The van der Waals surface area contributed by atoms with E-state index in [-0.39, 0.29) is 18.5 Å². The third-order valence-electron chi connectivity index (χ3n) is 2.39. The molecule has 1 atom stereocenters. The first-order valence-electron chi connectivity index (χ1n) is 5.23. The molecule has 92 valence electrons. The highest BCUT2D eigenvalue weighted by Gasteiger charge is 2.22. The van der Waals surface area contributed by atoms with Gasteiger partial charge in [0.15, 0.2) is 0 Å². The Morgan fingerprint density at radius 1 is 1.65 bits per heavy atom. The Balaban J connectivity index is 1.78. The van der Waals surface area contributed by atoms with Crippen molar-refractivity contribution in [1.82, 2.24) is 5.48 Å². The zero-order chi connectivity index (χ0) is 12.3. The van der Waals surface area contributed by atoms with E-state index in [2.05, 4.69) is 5.48 Å². The minimum atomic E-state index is -0.546. The average Bonchev–Trinajstić information content (AvgIpc) is 2.66. The van der Waals surface area contributed by atoms with Crippen LogP contribution in [0.1, 0.15) is 5.56 Å². The molecular weight excluding hydrogens is 227 g/mol. The van der Waals surface area contributed by atoms with Crippen LogP contribution in [0.4, 0.5) is 4.39 Å². The molecule has 1 aromatic carbocycles. The molecule has 17 heavy (non-hydrogen) atoms. The fourth-order valence-electron chi connectivity index (χ4n) is 1.68. The van der Waals surface area contributed by atoms with E-state index < -0.39 is 5.91 Å². The number of fused-ring (bicyclic) bond motifs is 1. The van der Waals surface area contributed by atoms with Crippen molar-refractivity contribution in [3.8, 4) is 5.75 Å².